The van der Waals surface area contributed by atoms with Crippen molar-refractivity contribution in [3.05, 3.63) is 70.1 Å². The van der Waals surface area contributed by atoms with Crippen molar-refractivity contribution in [1.82, 2.24) is 9.55 Å². The second kappa shape index (κ2) is 4.27. The highest BCUT2D eigenvalue weighted by molar-refractivity contribution is 6.35. The van der Waals surface area contributed by atoms with Crippen LogP contribution in [-0.4, -0.2) is 9.55 Å². The topological polar surface area (TPSA) is 34.9 Å². The third-order valence-corrected chi connectivity index (χ3v) is 3.05. The van der Waals surface area contributed by atoms with Gasteiger partial charge in [0.25, 0.3) is 5.56 Å². The molecule has 3 rings (SSSR count). The summed E-state index contributed by atoms with van der Waals surface area (Å²) in [6, 6.07) is 14.5. The van der Waals surface area contributed by atoms with E-state index in [1.165, 1.54) is 6.07 Å². The number of benzene rings is 1. The van der Waals surface area contributed by atoms with Crippen molar-refractivity contribution in [3.8, 4) is 5.69 Å². The normalized spacial score (nSPS) is 10.7. The summed E-state index contributed by atoms with van der Waals surface area (Å²) in [7, 11) is 0. The van der Waals surface area contributed by atoms with Gasteiger partial charge in [0.2, 0.25) is 0 Å². The third-order valence-electron chi connectivity index (χ3n) is 2.74. The van der Waals surface area contributed by atoms with Crippen LogP contribution < -0.4 is 5.56 Å². The van der Waals surface area contributed by atoms with Gasteiger partial charge >= 0.3 is 0 Å². The van der Waals surface area contributed by atoms with Crippen molar-refractivity contribution in [3.63, 3.8) is 0 Å². The summed E-state index contributed by atoms with van der Waals surface area (Å²) in [5.41, 5.74) is 1.17. The molecule has 3 aromatic rings. The second-order valence-electron chi connectivity index (χ2n) is 3.88. The van der Waals surface area contributed by atoms with Crippen LogP contribution >= 0.6 is 11.6 Å². The lowest BCUT2D eigenvalue weighted by atomic mass is 10.2. The minimum Gasteiger partial charge on any atom is -0.269 e. The van der Waals surface area contributed by atoms with Crippen molar-refractivity contribution in [2.45, 2.75) is 0 Å². The first-order valence-corrected chi connectivity index (χ1v) is 5.87. The summed E-state index contributed by atoms with van der Waals surface area (Å²) in [5, 5.41) is 1.19. The smallest absolute Gasteiger partial charge is 0.258 e. The first-order valence-electron chi connectivity index (χ1n) is 5.49. The Hall–Kier alpha value is -2.13. The average Bonchev–Trinajstić information content (AvgIpc) is 2.40. The molecule has 0 bridgehead atoms. The van der Waals surface area contributed by atoms with Gasteiger partial charge in [0, 0.05) is 17.6 Å². The molecule has 3 nitrogen and oxygen atoms in total. The van der Waals surface area contributed by atoms with Gasteiger partial charge in [0.15, 0.2) is 0 Å². The van der Waals surface area contributed by atoms with E-state index in [2.05, 4.69) is 4.98 Å². The maximum atomic E-state index is 12.1. The molecule has 4 heteroatoms. The van der Waals surface area contributed by atoms with Crippen LogP contribution in [0.4, 0.5) is 0 Å². The van der Waals surface area contributed by atoms with Crippen LogP contribution in [0.25, 0.3) is 16.7 Å². The van der Waals surface area contributed by atoms with Gasteiger partial charge in [-0.15, -0.1) is 0 Å². The SMILES string of the molecule is O=c1cc(Cl)c2cccnc2n1-c1ccccc1. The van der Waals surface area contributed by atoms with E-state index < -0.39 is 0 Å². The summed E-state index contributed by atoms with van der Waals surface area (Å²) >= 11 is 6.07. The molecule has 0 aliphatic rings. The molecule has 1 aromatic carbocycles. The lowest BCUT2D eigenvalue weighted by molar-refractivity contribution is 1.02. The number of aromatic nitrogens is 2. The number of fused-ring (bicyclic) bond motifs is 1. The Morgan fingerprint density at radius 3 is 2.61 bits per heavy atom. The van der Waals surface area contributed by atoms with Gasteiger partial charge in [0.1, 0.15) is 5.65 Å². The molecule has 0 aliphatic heterocycles. The van der Waals surface area contributed by atoms with Gasteiger partial charge in [-0.05, 0) is 24.3 Å². The van der Waals surface area contributed by atoms with Gasteiger partial charge in [0.05, 0.1) is 10.7 Å². The molecular weight excluding hydrogens is 248 g/mol. The third kappa shape index (κ3) is 1.69. The van der Waals surface area contributed by atoms with Crippen LogP contribution in [0.2, 0.25) is 5.02 Å². The molecule has 18 heavy (non-hydrogen) atoms. The summed E-state index contributed by atoms with van der Waals surface area (Å²) in [4.78, 5) is 16.4. The van der Waals surface area contributed by atoms with Crippen LogP contribution in [0.5, 0.6) is 0 Å². The summed E-state index contributed by atoms with van der Waals surface area (Å²) < 4.78 is 1.56. The molecule has 0 fully saturated rings. The van der Waals surface area contributed by atoms with E-state index in [1.807, 2.05) is 36.4 Å². The Kier molecular flexibility index (Phi) is 2.61. The number of nitrogens with zero attached hydrogens (tertiary/aromatic N) is 2. The minimum atomic E-state index is -0.183. The van der Waals surface area contributed by atoms with E-state index >= 15 is 0 Å². The van der Waals surface area contributed by atoms with Crippen LogP contribution in [0, 0.1) is 0 Å². The molecule has 88 valence electrons. The molecule has 2 heterocycles. The fraction of sp³-hybridized carbons (Fsp3) is 0. The molecule has 0 N–H and O–H groups in total. The van der Waals surface area contributed by atoms with E-state index in [9.17, 15) is 4.79 Å². The fourth-order valence-corrected chi connectivity index (χ4v) is 2.18. The Labute approximate surface area is 108 Å². The lowest BCUT2D eigenvalue weighted by Gasteiger charge is -2.09. The molecule has 0 spiro atoms. The van der Waals surface area contributed by atoms with Crippen LogP contribution in [0.1, 0.15) is 0 Å². The quantitative estimate of drug-likeness (QED) is 0.671. The summed E-state index contributed by atoms with van der Waals surface area (Å²) in [6.45, 7) is 0. The predicted molar refractivity (Wildman–Crippen MR) is 72.4 cm³/mol. The highest BCUT2D eigenvalue weighted by Gasteiger charge is 2.09. The van der Waals surface area contributed by atoms with E-state index in [1.54, 1.807) is 16.8 Å². The van der Waals surface area contributed by atoms with E-state index in [-0.39, 0.29) is 5.56 Å². The first kappa shape index (κ1) is 11.0. The number of para-hydroxylation sites is 1. The van der Waals surface area contributed by atoms with Crippen molar-refractivity contribution in [2.24, 2.45) is 0 Å². The van der Waals surface area contributed by atoms with Gasteiger partial charge in [-0.1, -0.05) is 29.8 Å². The highest BCUT2D eigenvalue weighted by Crippen LogP contribution is 2.21. The van der Waals surface area contributed by atoms with Crippen molar-refractivity contribution in [1.29, 1.82) is 0 Å². The standard InChI is InChI=1S/C14H9ClN2O/c15-12-9-13(18)17(10-5-2-1-3-6-10)14-11(12)7-4-8-16-14/h1-9H. The minimum absolute atomic E-state index is 0.183. The zero-order valence-corrected chi connectivity index (χ0v) is 10.1. The summed E-state index contributed by atoms with van der Waals surface area (Å²) in [5.74, 6) is 0. The number of rotatable bonds is 1. The van der Waals surface area contributed by atoms with Gasteiger partial charge in [-0.25, -0.2) is 4.98 Å². The first-order chi connectivity index (χ1) is 8.77. The number of halogens is 1. The average molecular weight is 257 g/mol. The van der Waals surface area contributed by atoms with Crippen LogP contribution in [0.3, 0.4) is 0 Å². The molecule has 0 saturated heterocycles. The Balaban J connectivity index is 2.46. The monoisotopic (exact) mass is 256 g/mol. The molecule has 0 aliphatic carbocycles. The molecule has 0 unspecified atom stereocenters. The van der Waals surface area contributed by atoms with Gasteiger partial charge in [-0.2, -0.15) is 0 Å². The van der Waals surface area contributed by atoms with Crippen molar-refractivity contribution >= 4 is 22.6 Å². The van der Waals surface area contributed by atoms with E-state index in [0.717, 1.165) is 11.1 Å². The maximum Gasteiger partial charge on any atom is 0.258 e. The molecular formula is C14H9ClN2O. The van der Waals surface area contributed by atoms with Gasteiger partial charge in [-0.3, -0.25) is 9.36 Å². The summed E-state index contributed by atoms with van der Waals surface area (Å²) in [6.07, 6.45) is 1.65. The molecule has 0 amide bonds. The largest absolute Gasteiger partial charge is 0.269 e. The fourth-order valence-electron chi connectivity index (χ4n) is 1.94. The number of hydrogen-bond acceptors (Lipinski definition) is 2. The highest BCUT2D eigenvalue weighted by atomic mass is 35.5. The number of hydrogen-bond donors (Lipinski definition) is 0. The zero-order valence-electron chi connectivity index (χ0n) is 9.38. The molecule has 2 aromatic heterocycles. The van der Waals surface area contributed by atoms with E-state index in [4.69, 9.17) is 11.6 Å². The maximum absolute atomic E-state index is 12.1. The predicted octanol–water partition coefficient (Wildman–Crippen LogP) is 3.04. The van der Waals surface area contributed by atoms with Crippen LogP contribution in [-0.2, 0) is 0 Å². The molecule has 0 atom stereocenters. The van der Waals surface area contributed by atoms with Gasteiger partial charge < -0.3 is 0 Å². The Bertz CT molecular complexity index is 766. The van der Waals surface area contributed by atoms with Crippen molar-refractivity contribution in [2.75, 3.05) is 0 Å². The second-order valence-corrected chi connectivity index (χ2v) is 4.28. The van der Waals surface area contributed by atoms with Crippen LogP contribution in [0.15, 0.2) is 59.5 Å². The van der Waals surface area contributed by atoms with Crippen molar-refractivity contribution < 1.29 is 0 Å². The number of pyridine rings is 2. The Morgan fingerprint density at radius 1 is 1.06 bits per heavy atom. The Morgan fingerprint density at radius 2 is 1.83 bits per heavy atom. The zero-order chi connectivity index (χ0) is 12.5. The lowest BCUT2D eigenvalue weighted by Crippen LogP contribution is -2.18. The molecule has 0 saturated carbocycles. The van der Waals surface area contributed by atoms with E-state index in [0.29, 0.717) is 10.7 Å². The molecule has 0 radical (unpaired) electrons.